The molecule has 0 aromatic heterocycles. The van der Waals surface area contributed by atoms with Crippen LogP contribution in [-0.2, 0) is 16.0 Å². The Morgan fingerprint density at radius 2 is 1.80 bits per heavy atom. The maximum Gasteiger partial charge on any atom is 0.237 e. The number of benzene rings is 1. The van der Waals surface area contributed by atoms with E-state index < -0.39 is 0 Å². The van der Waals surface area contributed by atoms with Crippen molar-refractivity contribution in [3.63, 3.8) is 0 Å². The molecule has 2 heterocycles. The van der Waals surface area contributed by atoms with Crippen LogP contribution in [0.2, 0.25) is 0 Å². The first-order valence-corrected chi connectivity index (χ1v) is 9.46. The molecule has 2 saturated heterocycles. The molecule has 5 nitrogen and oxygen atoms in total. The summed E-state index contributed by atoms with van der Waals surface area (Å²) in [5.41, 5.74) is 1.21. The van der Waals surface area contributed by atoms with Gasteiger partial charge in [0.15, 0.2) is 0 Å². The van der Waals surface area contributed by atoms with Crippen LogP contribution in [0.15, 0.2) is 30.3 Å². The highest BCUT2D eigenvalue weighted by Crippen LogP contribution is 2.22. The summed E-state index contributed by atoms with van der Waals surface area (Å²) in [5.74, 6) is 0.190. The standard InChI is InChI=1S/C20H29N3O2/c1-16(24)21-18-10-7-13-23(20(25)15-22-11-5-6-12-22)19(18)14-17-8-3-2-4-9-17/h2-4,8-9,18-19H,5-7,10-15H2,1H3,(H,21,24)/t18-,19-/m0/s1. The number of carbonyl (C=O) groups is 2. The average Bonchev–Trinajstić information content (AvgIpc) is 3.10. The van der Waals surface area contributed by atoms with Crippen LogP contribution in [0.1, 0.15) is 38.2 Å². The van der Waals surface area contributed by atoms with Gasteiger partial charge in [0, 0.05) is 19.5 Å². The summed E-state index contributed by atoms with van der Waals surface area (Å²) in [6.07, 6.45) is 5.05. The summed E-state index contributed by atoms with van der Waals surface area (Å²) < 4.78 is 0. The van der Waals surface area contributed by atoms with Crippen molar-refractivity contribution in [2.75, 3.05) is 26.2 Å². The number of amides is 2. The van der Waals surface area contributed by atoms with Crippen LogP contribution in [-0.4, -0.2) is 59.9 Å². The van der Waals surface area contributed by atoms with E-state index in [0.717, 1.165) is 38.9 Å². The van der Waals surface area contributed by atoms with Gasteiger partial charge in [-0.05, 0) is 50.8 Å². The van der Waals surface area contributed by atoms with E-state index in [1.807, 2.05) is 23.1 Å². The van der Waals surface area contributed by atoms with Gasteiger partial charge in [0.2, 0.25) is 11.8 Å². The van der Waals surface area contributed by atoms with Crippen LogP contribution in [0.25, 0.3) is 0 Å². The van der Waals surface area contributed by atoms with Gasteiger partial charge >= 0.3 is 0 Å². The molecule has 2 fully saturated rings. The summed E-state index contributed by atoms with van der Waals surface area (Å²) in [6, 6.07) is 10.3. The van der Waals surface area contributed by atoms with Gasteiger partial charge < -0.3 is 10.2 Å². The van der Waals surface area contributed by atoms with Gasteiger partial charge in [0.25, 0.3) is 0 Å². The van der Waals surface area contributed by atoms with Crippen LogP contribution < -0.4 is 5.32 Å². The fraction of sp³-hybridized carbons (Fsp3) is 0.600. The molecular formula is C20H29N3O2. The van der Waals surface area contributed by atoms with Crippen molar-refractivity contribution in [3.05, 3.63) is 35.9 Å². The molecule has 2 aliphatic heterocycles. The summed E-state index contributed by atoms with van der Waals surface area (Å²) in [6.45, 7) is 4.92. The minimum Gasteiger partial charge on any atom is -0.352 e. The maximum absolute atomic E-state index is 13.0. The fourth-order valence-electron chi connectivity index (χ4n) is 4.13. The predicted molar refractivity (Wildman–Crippen MR) is 98.2 cm³/mol. The Bertz CT molecular complexity index is 584. The van der Waals surface area contributed by atoms with Crippen molar-refractivity contribution in [2.45, 2.75) is 51.1 Å². The maximum atomic E-state index is 13.0. The molecule has 0 spiro atoms. The molecule has 0 bridgehead atoms. The van der Waals surface area contributed by atoms with Crippen molar-refractivity contribution >= 4 is 11.8 Å². The normalized spacial score (nSPS) is 24.3. The van der Waals surface area contributed by atoms with Gasteiger partial charge in [-0.25, -0.2) is 0 Å². The van der Waals surface area contributed by atoms with Gasteiger partial charge in [0.1, 0.15) is 0 Å². The van der Waals surface area contributed by atoms with Crippen molar-refractivity contribution < 1.29 is 9.59 Å². The zero-order valence-electron chi connectivity index (χ0n) is 15.1. The lowest BCUT2D eigenvalue weighted by Crippen LogP contribution is -2.59. The first-order valence-electron chi connectivity index (χ1n) is 9.46. The van der Waals surface area contributed by atoms with Crippen molar-refractivity contribution in [2.24, 2.45) is 0 Å². The van der Waals surface area contributed by atoms with E-state index in [4.69, 9.17) is 0 Å². The number of nitrogens with one attached hydrogen (secondary N) is 1. The minimum absolute atomic E-state index is 0.0168. The molecule has 1 N–H and O–H groups in total. The number of rotatable bonds is 5. The molecule has 5 heteroatoms. The minimum atomic E-state index is -0.0168. The van der Waals surface area contributed by atoms with E-state index in [0.29, 0.717) is 6.54 Å². The Kier molecular flexibility index (Phi) is 6.08. The molecular weight excluding hydrogens is 314 g/mol. The lowest BCUT2D eigenvalue weighted by atomic mass is 9.90. The monoisotopic (exact) mass is 343 g/mol. The summed E-state index contributed by atoms with van der Waals surface area (Å²) in [5, 5.41) is 3.08. The van der Waals surface area contributed by atoms with Crippen LogP contribution in [0.5, 0.6) is 0 Å². The van der Waals surface area contributed by atoms with E-state index in [9.17, 15) is 9.59 Å². The first kappa shape index (κ1) is 17.9. The zero-order chi connectivity index (χ0) is 17.6. The molecule has 1 aromatic rings. The largest absolute Gasteiger partial charge is 0.352 e. The van der Waals surface area contributed by atoms with Crippen LogP contribution in [0.3, 0.4) is 0 Å². The van der Waals surface area contributed by atoms with Gasteiger partial charge in [-0.1, -0.05) is 30.3 Å². The third kappa shape index (κ3) is 4.82. The van der Waals surface area contributed by atoms with Crippen LogP contribution in [0.4, 0.5) is 0 Å². The van der Waals surface area contributed by atoms with Gasteiger partial charge in [-0.15, -0.1) is 0 Å². The third-order valence-corrected chi connectivity index (χ3v) is 5.33. The zero-order valence-corrected chi connectivity index (χ0v) is 15.1. The number of hydrogen-bond acceptors (Lipinski definition) is 3. The van der Waals surface area contributed by atoms with E-state index in [2.05, 4.69) is 22.3 Å². The second-order valence-electron chi connectivity index (χ2n) is 7.28. The summed E-state index contributed by atoms with van der Waals surface area (Å²) >= 11 is 0. The number of nitrogens with zero attached hydrogens (tertiary/aromatic N) is 2. The molecule has 1 aromatic carbocycles. The quantitative estimate of drug-likeness (QED) is 0.887. The Balaban J connectivity index is 1.74. The second-order valence-corrected chi connectivity index (χ2v) is 7.28. The van der Waals surface area contributed by atoms with E-state index >= 15 is 0 Å². The predicted octanol–water partition coefficient (Wildman–Crippen LogP) is 1.82. The van der Waals surface area contributed by atoms with E-state index in [-0.39, 0.29) is 23.9 Å². The Labute approximate surface area is 150 Å². The molecule has 0 saturated carbocycles. The highest BCUT2D eigenvalue weighted by molar-refractivity contribution is 5.79. The molecule has 2 aliphatic rings. The first-order chi connectivity index (χ1) is 12.1. The van der Waals surface area contributed by atoms with Gasteiger partial charge in [0.05, 0.1) is 12.6 Å². The Morgan fingerprint density at radius 1 is 1.08 bits per heavy atom. The molecule has 3 rings (SSSR count). The number of carbonyl (C=O) groups excluding carboxylic acids is 2. The number of piperidine rings is 1. The third-order valence-electron chi connectivity index (χ3n) is 5.33. The molecule has 2 amide bonds. The number of likely N-dealkylation sites (tertiary alicyclic amines) is 2. The van der Waals surface area contributed by atoms with E-state index in [1.165, 1.54) is 18.4 Å². The SMILES string of the molecule is CC(=O)N[C@H]1CCCN(C(=O)CN2CCCC2)[C@H]1Cc1ccccc1. The smallest absolute Gasteiger partial charge is 0.237 e. The van der Waals surface area contributed by atoms with Crippen LogP contribution >= 0.6 is 0 Å². The molecule has 0 unspecified atom stereocenters. The van der Waals surface area contributed by atoms with Gasteiger partial charge in [-0.2, -0.15) is 0 Å². The van der Waals surface area contributed by atoms with Crippen molar-refractivity contribution in [1.82, 2.24) is 15.1 Å². The average molecular weight is 343 g/mol. The highest BCUT2D eigenvalue weighted by atomic mass is 16.2. The van der Waals surface area contributed by atoms with E-state index in [1.54, 1.807) is 6.92 Å². The van der Waals surface area contributed by atoms with Gasteiger partial charge in [-0.3, -0.25) is 14.5 Å². The summed E-state index contributed by atoms with van der Waals surface area (Å²) in [4.78, 5) is 28.9. The summed E-state index contributed by atoms with van der Waals surface area (Å²) in [7, 11) is 0. The fourth-order valence-corrected chi connectivity index (χ4v) is 4.13. The molecule has 136 valence electrons. The Hall–Kier alpha value is -1.88. The lowest BCUT2D eigenvalue weighted by Gasteiger charge is -2.42. The topological polar surface area (TPSA) is 52.7 Å². The Morgan fingerprint density at radius 3 is 2.48 bits per heavy atom. The number of hydrogen-bond donors (Lipinski definition) is 1. The molecule has 0 aliphatic carbocycles. The van der Waals surface area contributed by atoms with Crippen molar-refractivity contribution in [3.8, 4) is 0 Å². The van der Waals surface area contributed by atoms with Crippen molar-refractivity contribution in [1.29, 1.82) is 0 Å². The molecule has 0 radical (unpaired) electrons. The lowest BCUT2D eigenvalue weighted by molar-refractivity contribution is -0.137. The second kappa shape index (κ2) is 8.48. The molecule has 2 atom stereocenters. The molecule has 25 heavy (non-hydrogen) atoms. The highest BCUT2D eigenvalue weighted by Gasteiger charge is 2.35. The van der Waals surface area contributed by atoms with Crippen LogP contribution in [0, 0.1) is 0 Å².